The fourth-order valence-electron chi connectivity index (χ4n) is 6.02. The lowest BCUT2D eigenvalue weighted by molar-refractivity contribution is 0.0545. The Morgan fingerprint density at radius 3 is 2.29 bits per heavy atom. The molecule has 2 saturated carbocycles. The van der Waals surface area contributed by atoms with Crippen molar-refractivity contribution in [1.82, 2.24) is 20.4 Å². The first-order valence-corrected chi connectivity index (χ1v) is 13.0. The van der Waals surface area contributed by atoms with E-state index in [1.54, 1.807) is 0 Å². The van der Waals surface area contributed by atoms with Crippen LogP contribution in [0, 0.1) is 17.8 Å². The molecule has 6 rings (SSSR count). The Kier molecular flexibility index (Phi) is 6.22. The van der Waals surface area contributed by atoms with Crippen molar-refractivity contribution in [1.29, 1.82) is 0 Å². The van der Waals surface area contributed by atoms with Crippen molar-refractivity contribution >= 4 is 11.7 Å². The van der Waals surface area contributed by atoms with Crippen molar-refractivity contribution in [2.45, 2.75) is 50.6 Å². The van der Waals surface area contributed by atoms with Crippen molar-refractivity contribution in [3.8, 4) is 11.3 Å². The number of anilines is 1. The largest absolute Gasteiger partial charge is 0.381 e. The Hall–Kier alpha value is -2.51. The van der Waals surface area contributed by atoms with Gasteiger partial charge in [-0.15, -0.1) is 10.2 Å². The zero-order chi connectivity index (χ0) is 22.9. The molecule has 7 nitrogen and oxygen atoms in total. The summed E-state index contributed by atoms with van der Waals surface area (Å²) in [6.45, 7) is 5.65. The summed E-state index contributed by atoms with van der Waals surface area (Å²) in [5.74, 6) is 3.30. The fourth-order valence-corrected chi connectivity index (χ4v) is 6.02. The third-order valence-corrected chi connectivity index (χ3v) is 8.06. The van der Waals surface area contributed by atoms with Crippen LogP contribution in [0.2, 0.25) is 0 Å². The SMILES string of the molecule is O=C(NC1CC1)c1ccc(-c2ccc(NC3C[C@@H]4CN(CC5CCOCC5)C[C@@H]4C3)nn2)cc1. The van der Waals surface area contributed by atoms with Crippen LogP contribution in [-0.4, -0.2) is 65.9 Å². The number of benzene rings is 1. The van der Waals surface area contributed by atoms with E-state index in [1.165, 1.54) is 45.3 Å². The monoisotopic (exact) mass is 461 g/mol. The van der Waals surface area contributed by atoms with Gasteiger partial charge in [0.15, 0.2) is 0 Å². The highest BCUT2D eigenvalue weighted by molar-refractivity contribution is 5.95. The van der Waals surface area contributed by atoms with E-state index in [1.807, 2.05) is 36.4 Å². The molecule has 1 amide bonds. The summed E-state index contributed by atoms with van der Waals surface area (Å²) in [6, 6.07) is 12.5. The number of fused-ring (bicyclic) bond motifs is 1. The van der Waals surface area contributed by atoms with Crippen molar-refractivity contribution < 1.29 is 9.53 Å². The number of hydrogen-bond acceptors (Lipinski definition) is 6. The van der Waals surface area contributed by atoms with E-state index in [0.29, 0.717) is 17.6 Å². The Morgan fingerprint density at radius 1 is 0.912 bits per heavy atom. The van der Waals surface area contributed by atoms with Crippen LogP contribution < -0.4 is 10.6 Å². The first-order valence-electron chi connectivity index (χ1n) is 13.0. The first-order chi connectivity index (χ1) is 16.7. The molecular formula is C27H35N5O2. The smallest absolute Gasteiger partial charge is 0.251 e. The summed E-state index contributed by atoms with van der Waals surface area (Å²) in [4.78, 5) is 14.9. The van der Waals surface area contributed by atoms with Gasteiger partial charge in [0.05, 0.1) is 5.69 Å². The molecule has 3 atom stereocenters. The summed E-state index contributed by atoms with van der Waals surface area (Å²) >= 11 is 0. The average Bonchev–Trinajstić information content (AvgIpc) is 3.49. The second-order valence-corrected chi connectivity index (χ2v) is 10.7. The topological polar surface area (TPSA) is 79.4 Å². The fraction of sp³-hybridized carbons (Fsp3) is 0.593. The molecule has 7 heteroatoms. The molecule has 0 bridgehead atoms. The van der Waals surface area contributed by atoms with Gasteiger partial charge in [0.2, 0.25) is 0 Å². The number of carbonyl (C=O) groups is 1. The van der Waals surface area contributed by atoms with E-state index < -0.39 is 0 Å². The molecule has 2 aliphatic carbocycles. The van der Waals surface area contributed by atoms with E-state index >= 15 is 0 Å². The number of nitrogens with one attached hydrogen (secondary N) is 2. The van der Waals surface area contributed by atoms with Crippen LogP contribution in [0.5, 0.6) is 0 Å². The van der Waals surface area contributed by atoms with Crippen LogP contribution >= 0.6 is 0 Å². The minimum Gasteiger partial charge on any atom is -0.381 e. The maximum Gasteiger partial charge on any atom is 0.251 e. The minimum absolute atomic E-state index is 0.00715. The van der Waals surface area contributed by atoms with Gasteiger partial charge in [-0.05, 0) is 80.5 Å². The van der Waals surface area contributed by atoms with Crippen molar-refractivity contribution in [2.75, 3.05) is 38.2 Å². The van der Waals surface area contributed by atoms with Crippen molar-refractivity contribution in [3.63, 3.8) is 0 Å². The molecule has 0 spiro atoms. The molecule has 4 fully saturated rings. The van der Waals surface area contributed by atoms with Gasteiger partial charge in [0.1, 0.15) is 5.82 Å². The first kappa shape index (κ1) is 22.0. The molecular weight excluding hydrogens is 426 g/mol. The highest BCUT2D eigenvalue weighted by Crippen LogP contribution is 2.39. The Labute approximate surface area is 201 Å². The standard InChI is InChI=1S/C27H35N5O2/c33-27(29-23-5-6-23)20-3-1-19(2-4-20)25-7-8-26(31-30-25)28-24-13-21-16-32(17-22(21)14-24)15-18-9-11-34-12-10-18/h1-4,7-8,18,21-24H,5-6,9-17H2,(H,28,31)(H,29,33)/t21-,22+,24?. The normalized spacial score (nSPS) is 27.5. The maximum absolute atomic E-state index is 12.2. The van der Waals surface area contributed by atoms with E-state index in [2.05, 4.69) is 25.7 Å². The van der Waals surface area contributed by atoms with Gasteiger partial charge in [0, 0.05) is 56.1 Å². The molecule has 2 aromatic rings. The molecule has 1 unspecified atom stereocenters. The van der Waals surface area contributed by atoms with Gasteiger partial charge >= 0.3 is 0 Å². The van der Waals surface area contributed by atoms with Crippen LogP contribution in [0.3, 0.4) is 0 Å². The van der Waals surface area contributed by atoms with Crippen LogP contribution in [0.4, 0.5) is 5.82 Å². The zero-order valence-electron chi connectivity index (χ0n) is 19.8. The van der Waals surface area contributed by atoms with E-state index in [9.17, 15) is 4.79 Å². The summed E-state index contributed by atoms with van der Waals surface area (Å²) in [6.07, 6.45) is 7.09. The van der Waals surface area contributed by atoms with Crippen molar-refractivity contribution in [2.24, 2.45) is 17.8 Å². The summed E-state index contributed by atoms with van der Waals surface area (Å²) in [5, 5.41) is 15.5. The summed E-state index contributed by atoms with van der Waals surface area (Å²) in [7, 11) is 0. The molecule has 3 heterocycles. The van der Waals surface area contributed by atoms with E-state index in [-0.39, 0.29) is 5.91 Å². The van der Waals surface area contributed by atoms with E-state index in [0.717, 1.165) is 60.9 Å². The predicted molar refractivity (Wildman–Crippen MR) is 132 cm³/mol. The Bertz CT molecular complexity index is 971. The van der Waals surface area contributed by atoms with Gasteiger partial charge in [-0.3, -0.25) is 4.79 Å². The van der Waals surface area contributed by atoms with Crippen LogP contribution in [0.25, 0.3) is 11.3 Å². The summed E-state index contributed by atoms with van der Waals surface area (Å²) < 4.78 is 5.52. The number of hydrogen-bond donors (Lipinski definition) is 2. The lowest BCUT2D eigenvalue weighted by Crippen LogP contribution is -2.32. The molecule has 1 aromatic heterocycles. The van der Waals surface area contributed by atoms with Gasteiger partial charge < -0.3 is 20.3 Å². The Balaban J connectivity index is 0.991. The van der Waals surface area contributed by atoms with Gasteiger partial charge in [-0.1, -0.05) is 12.1 Å². The molecule has 2 N–H and O–H groups in total. The summed E-state index contributed by atoms with van der Waals surface area (Å²) in [5.41, 5.74) is 2.49. The Morgan fingerprint density at radius 2 is 1.65 bits per heavy atom. The van der Waals surface area contributed by atoms with Gasteiger partial charge in [-0.2, -0.15) is 0 Å². The average molecular weight is 462 g/mol. The molecule has 4 aliphatic rings. The molecule has 34 heavy (non-hydrogen) atoms. The highest BCUT2D eigenvalue weighted by atomic mass is 16.5. The van der Waals surface area contributed by atoms with Crippen molar-refractivity contribution in [3.05, 3.63) is 42.0 Å². The molecule has 2 saturated heterocycles. The van der Waals surface area contributed by atoms with Crippen LogP contribution in [0.1, 0.15) is 48.9 Å². The molecule has 1 aromatic carbocycles. The predicted octanol–water partition coefficient (Wildman–Crippen LogP) is 3.58. The third-order valence-electron chi connectivity index (χ3n) is 8.06. The van der Waals surface area contributed by atoms with Crippen LogP contribution in [0.15, 0.2) is 36.4 Å². The number of aromatic nitrogens is 2. The number of nitrogens with zero attached hydrogens (tertiary/aromatic N) is 3. The highest BCUT2D eigenvalue weighted by Gasteiger charge is 2.41. The number of carbonyl (C=O) groups excluding carboxylic acids is 1. The molecule has 180 valence electrons. The van der Waals surface area contributed by atoms with Gasteiger partial charge in [-0.25, -0.2) is 0 Å². The second kappa shape index (κ2) is 9.62. The van der Waals surface area contributed by atoms with Gasteiger partial charge in [0.25, 0.3) is 5.91 Å². The molecule has 0 radical (unpaired) electrons. The van der Waals surface area contributed by atoms with E-state index in [4.69, 9.17) is 4.74 Å². The third kappa shape index (κ3) is 5.10. The second-order valence-electron chi connectivity index (χ2n) is 10.7. The maximum atomic E-state index is 12.2. The zero-order valence-corrected chi connectivity index (χ0v) is 19.8. The number of rotatable bonds is 7. The lowest BCUT2D eigenvalue weighted by atomic mass is 10.00. The number of amides is 1. The lowest BCUT2D eigenvalue weighted by Gasteiger charge is -2.27. The quantitative estimate of drug-likeness (QED) is 0.656. The molecule has 2 aliphatic heterocycles. The van der Waals surface area contributed by atoms with Crippen LogP contribution in [-0.2, 0) is 4.74 Å². The minimum atomic E-state index is 0.00715. The number of likely N-dealkylation sites (tertiary alicyclic amines) is 1. The number of ether oxygens (including phenoxy) is 1.